The van der Waals surface area contributed by atoms with Gasteiger partial charge in [-0.3, -0.25) is 10.5 Å². The second kappa shape index (κ2) is 3.34. The van der Waals surface area contributed by atoms with Crippen molar-refractivity contribution < 1.29 is 4.79 Å². The van der Waals surface area contributed by atoms with Crippen molar-refractivity contribution in [2.45, 2.75) is 19.6 Å². The predicted octanol–water partition coefficient (Wildman–Crippen LogP) is 1.65. The average molecular weight is 192 g/mol. The number of amides is 1. The Hall–Kier alpha value is -1.09. The van der Waals surface area contributed by atoms with Crippen LogP contribution in [0.25, 0.3) is 0 Å². The van der Waals surface area contributed by atoms with Crippen molar-refractivity contribution in [1.29, 1.82) is 0 Å². The minimum atomic E-state index is -1.26. The Morgan fingerprint density at radius 1 is 1.15 bits per heavy atom. The SMILES string of the molecule is C[Si](C)(C)c1ccc(C([NH])=O)cc1. The fraction of sp³-hybridized carbons (Fsp3) is 0.300. The molecule has 0 bridgehead atoms. The largest absolute Gasteiger partial charge is 0.269 e. The number of benzene rings is 1. The molecule has 0 saturated heterocycles. The lowest BCUT2D eigenvalue weighted by atomic mass is 10.2. The Kier molecular flexibility index (Phi) is 2.57. The maximum Gasteiger partial charge on any atom is 0.269 e. The van der Waals surface area contributed by atoms with Gasteiger partial charge in [-0.15, -0.1) is 0 Å². The monoisotopic (exact) mass is 192 g/mol. The molecule has 0 aromatic heterocycles. The normalized spacial score (nSPS) is 11.3. The van der Waals surface area contributed by atoms with Gasteiger partial charge in [-0.2, -0.15) is 0 Å². The summed E-state index contributed by atoms with van der Waals surface area (Å²) in [5.74, 6) is -0.609. The van der Waals surface area contributed by atoms with Crippen LogP contribution in [-0.4, -0.2) is 14.0 Å². The predicted molar refractivity (Wildman–Crippen MR) is 56.8 cm³/mol. The van der Waals surface area contributed by atoms with Crippen LogP contribution in [0.15, 0.2) is 24.3 Å². The highest BCUT2D eigenvalue weighted by molar-refractivity contribution is 6.88. The first kappa shape index (κ1) is 9.99. The molecule has 1 rings (SSSR count). The van der Waals surface area contributed by atoms with Gasteiger partial charge < -0.3 is 0 Å². The Bertz CT molecular complexity index is 311. The van der Waals surface area contributed by atoms with E-state index in [1.807, 2.05) is 12.1 Å². The standard InChI is InChI=1S/C10H14NOSi/c1-13(2,3)9-6-4-8(5-7-9)10(11)12/h4-7,11H,1-3H3. The number of carbonyl (C=O) groups excluding carboxylic acids is 1. The summed E-state index contributed by atoms with van der Waals surface area (Å²) < 4.78 is 0. The zero-order valence-corrected chi connectivity index (χ0v) is 9.22. The fourth-order valence-electron chi connectivity index (χ4n) is 1.12. The molecule has 0 aliphatic heterocycles. The average Bonchev–Trinajstić information content (AvgIpc) is 2.03. The Labute approximate surface area is 79.8 Å². The van der Waals surface area contributed by atoms with Crippen LogP contribution >= 0.6 is 0 Å². The van der Waals surface area contributed by atoms with Gasteiger partial charge in [0, 0.05) is 5.56 Å². The summed E-state index contributed by atoms with van der Waals surface area (Å²) in [6.07, 6.45) is 0. The lowest BCUT2D eigenvalue weighted by Gasteiger charge is -2.16. The van der Waals surface area contributed by atoms with Gasteiger partial charge in [-0.25, -0.2) is 0 Å². The van der Waals surface area contributed by atoms with Gasteiger partial charge in [-0.1, -0.05) is 37.0 Å². The topological polar surface area (TPSA) is 40.9 Å². The van der Waals surface area contributed by atoms with E-state index in [0.717, 1.165) is 0 Å². The molecule has 0 spiro atoms. The summed E-state index contributed by atoms with van der Waals surface area (Å²) in [5.41, 5.74) is 7.39. The van der Waals surface area contributed by atoms with E-state index < -0.39 is 14.0 Å². The fourth-order valence-corrected chi connectivity index (χ4v) is 2.29. The number of carbonyl (C=O) groups is 1. The molecular formula is C10H14NOSi. The van der Waals surface area contributed by atoms with E-state index in [4.69, 9.17) is 5.73 Å². The maximum absolute atomic E-state index is 10.7. The maximum atomic E-state index is 10.7. The second-order valence-electron chi connectivity index (χ2n) is 4.16. The van der Waals surface area contributed by atoms with Gasteiger partial charge in [0.25, 0.3) is 5.91 Å². The first-order valence-corrected chi connectivity index (χ1v) is 7.78. The zero-order valence-electron chi connectivity index (χ0n) is 8.22. The van der Waals surface area contributed by atoms with E-state index in [0.29, 0.717) is 5.56 Å². The van der Waals surface area contributed by atoms with Crippen LogP contribution < -0.4 is 10.9 Å². The van der Waals surface area contributed by atoms with Crippen LogP contribution in [0.3, 0.4) is 0 Å². The van der Waals surface area contributed by atoms with Gasteiger partial charge in [0.05, 0.1) is 8.07 Å². The molecule has 0 heterocycles. The lowest BCUT2D eigenvalue weighted by Crippen LogP contribution is -2.37. The summed E-state index contributed by atoms with van der Waals surface area (Å²) in [6.45, 7) is 6.76. The minimum absolute atomic E-state index is 0.474. The molecule has 1 aromatic carbocycles. The highest BCUT2D eigenvalue weighted by Crippen LogP contribution is 2.04. The van der Waals surface area contributed by atoms with Gasteiger partial charge in [0.15, 0.2) is 0 Å². The summed E-state index contributed by atoms with van der Waals surface area (Å²) >= 11 is 0. The molecule has 3 heteroatoms. The van der Waals surface area contributed by atoms with Crippen molar-refractivity contribution in [1.82, 2.24) is 5.73 Å². The van der Waals surface area contributed by atoms with Crippen LogP contribution in [0.1, 0.15) is 10.4 Å². The quantitative estimate of drug-likeness (QED) is 0.657. The first-order valence-electron chi connectivity index (χ1n) is 4.28. The number of nitrogens with one attached hydrogen (secondary N) is 1. The molecule has 0 aliphatic carbocycles. The molecule has 0 atom stereocenters. The van der Waals surface area contributed by atoms with E-state index in [1.54, 1.807) is 12.1 Å². The second-order valence-corrected chi connectivity index (χ2v) is 9.23. The van der Waals surface area contributed by atoms with Crippen molar-refractivity contribution in [2.24, 2.45) is 0 Å². The summed E-state index contributed by atoms with van der Waals surface area (Å²) in [7, 11) is -1.26. The first-order chi connectivity index (χ1) is 5.91. The minimum Gasteiger partial charge on any atom is -0.267 e. The van der Waals surface area contributed by atoms with Crippen molar-refractivity contribution in [3.8, 4) is 0 Å². The summed E-state index contributed by atoms with van der Waals surface area (Å²) in [4.78, 5) is 10.7. The number of hydrogen-bond acceptors (Lipinski definition) is 1. The van der Waals surface area contributed by atoms with Crippen molar-refractivity contribution in [2.75, 3.05) is 0 Å². The van der Waals surface area contributed by atoms with Crippen LogP contribution in [0.2, 0.25) is 19.6 Å². The van der Waals surface area contributed by atoms with Gasteiger partial charge >= 0.3 is 0 Å². The van der Waals surface area contributed by atoms with Crippen LogP contribution in [0, 0.1) is 0 Å². The third kappa shape index (κ3) is 2.42. The van der Waals surface area contributed by atoms with E-state index in [1.165, 1.54) is 5.19 Å². The highest BCUT2D eigenvalue weighted by atomic mass is 28.3. The molecule has 1 N–H and O–H groups in total. The van der Waals surface area contributed by atoms with Gasteiger partial charge in [0.2, 0.25) is 0 Å². The molecular weight excluding hydrogens is 178 g/mol. The Balaban J connectivity index is 3.01. The van der Waals surface area contributed by atoms with E-state index in [-0.39, 0.29) is 0 Å². The molecule has 2 nitrogen and oxygen atoms in total. The van der Waals surface area contributed by atoms with Gasteiger partial charge in [-0.05, 0) is 12.1 Å². The molecule has 13 heavy (non-hydrogen) atoms. The lowest BCUT2D eigenvalue weighted by molar-refractivity contribution is 0.0992. The van der Waals surface area contributed by atoms with Crippen molar-refractivity contribution in [3.05, 3.63) is 29.8 Å². The molecule has 0 aliphatic rings. The van der Waals surface area contributed by atoms with Crippen molar-refractivity contribution in [3.63, 3.8) is 0 Å². The van der Waals surface area contributed by atoms with E-state index in [2.05, 4.69) is 19.6 Å². The Morgan fingerprint density at radius 2 is 1.62 bits per heavy atom. The Morgan fingerprint density at radius 3 is 1.92 bits per heavy atom. The third-order valence-electron chi connectivity index (χ3n) is 2.01. The molecule has 0 saturated carbocycles. The molecule has 1 amide bonds. The smallest absolute Gasteiger partial charge is 0.267 e. The molecule has 0 fully saturated rings. The van der Waals surface area contributed by atoms with Crippen molar-refractivity contribution >= 4 is 19.2 Å². The summed E-state index contributed by atoms with van der Waals surface area (Å²) in [5, 5.41) is 1.32. The third-order valence-corrected chi connectivity index (χ3v) is 4.08. The summed E-state index contributed by atoms with van der Waals surface area (Å²) in [6, 6.07) is 7.41. The molecule has 69 valence electrons. The molecule has 1 aromatic rings. The van der Waals surface area contributed by atoms with E-state index >= 15 is 0 Å². The van der Waals surface area contributed by atoms with E-state index in [9.17, 15) is 4.79 Å². The number of hydrogen-bond donors (Lipinski definition) is 0. The molecule has 1 radical (unpaired) electrons. The molecule has 0 unspecified atom stereocenters. The van der Waals surface area contributed by atoms with Crippen LogP contribution in [-0.2, 0) is 0 Å². The number of rotatable bonds is 2. The highest BCUT2D eigenvalue weighted by Gasteiger charge is 2.15. The zero-order chi connectivity index (χ0) is 10.1. The van der Waals surface area contributed by atoms with Crippen LogP contribution in [0.4, 0.5) is 0 Å². The van der Waals surface area contributed by atoms with Crippen LogP contribution in [0.5, 0.6) is 0 Å². The van der Waals surface area contributed by atoms with Gasteiger partial charge in [0.1, 0.15) is 0 Å².